The fourth-order valence-corrected chi connectivity index (χ4v) is 3.51. The first-order valence-corrected chi connectivity index (χ1v) is 11.0. The van der Waals surface area contributed by atoms with Gasteiger partial charge < -0.3 is 26.4 Å². The molecule has 1 atom stereocenters. The highest BCUT2D eigenvalue weighted by molar-refractivity contribution is 5.70. The maximum absolute atomic E-state index is 11.5. The van der Waals surface area contributed by atoms with Gasteiger partial charge in [0.1, 0.15) is 0 Å². The summed E-state index contributed by atoms with van der Waals surface area (Å²) in [5.41, 5.74) is 7.33. The van der Waals surface area contributed by atoms with Crippen LogP contribution in [0.5, 0.6) is 0 Å². The average Bonchev–Trinajstić information content (AvgIpc) is 2.71. The molecule has 0 aliphatic heterocycles. The summed E-state index contributed by atoms with van der Waals surface area (Å²) in [6.07, 6.45) is 0.513. The molecule has 0 radical (unpaired) electrons. The number of carbonyl (C=O) groups is 3. The highest BCUT2D eigenvalue weighted by atomic mass is 16.4. The number of carboxylic acids is 3. The first kappa shape index (κ1) is 28.3. The van der Waals surface area contributed by atoms with Crippen molar-refractivity contribution in [2.75, 3.05) is 71.7 Å². The largest absolute Gasteiger partial charge is 0.480 e. The van der Waals surface area contributed by atoms with Crippen molar-refractivity contribution in [1.82, 2.24) is 20.0 Å². The molecule has 11 nitrogen and oxygen atoms in total. The number of rotatable bonds is 18. The number of nitrogens with zero attached hydrogens (tertiary/aromatic N) is 3. The Bertz CT molecular complexity index is 745. The van der Waals surface area contributed by atoms with Gasteiger partial charge in [-0.2, -0.15) is 0 Å². The van der Waals surface area contributed by atoms with Gasteiger partial charge in [0.25, 0.3) is 0 Å². The van der Waals surface area contributed by atoms with Gasteiger partial charge in [-0.1, -0.05) is 19.1 Å². The van der Waals surface area contributed by atoms with Gasteiger partial charge in [0.05, 0.1) is 19.6 Å². The minimum atomic E-state index is -1.00. The predicted octanol–water partition coefficient (Wildman–Crippen LogP) is -0.421. The minimum Gasteiger partial charge on any atom is -0.480 e. The molecular weight excluding hydrogens is 430 g/mol. The normalized spacial score (nSPS) is 12.4. The molecule has 1 aromatic rings. The molecule has 186 valence electrons. The molecule has 0 aromatic heterocycles. The Labute approximate surface area is 194 Å². The number of nitrogens with two attached hydrogens (primary N) is 1. The number of likely N-dealkylation sites (N-methyl/N-ethyl adjacent to an activating group) is 2. The van der Waals surface area contributed by atoms with E-state index in [0.29, 0.717) is 44.8 Å². The van der Waals surface area contributed by atoms with Gasteiger partial charge in [-0.15, -0.1) is 0 Å². The van der Waals surface area contributed by atoms with Crippen molar-refractivity contribution in [3.63, 3.8) is 0 Å². The molecule has 0 saturated carbocycles. The van der Waals surface area contributed by atoms with Crippen molar-refractivity contribution in [3.8, 4) is 0 Å². The molecule has 11 heteroatoms. The third kappa shape index (κ3) is 12.8. The van der Waals surface area contributed by atoms with Crippen molar-refractivity contribution < 1.29 is 29.7 Å². The lowest BCUT2D eigenvalue weighted by molar-refractivity contribution is -0.141. The molecule has 1 unspecified atom stereocenters. The topological polar surface area (TPSA) is 160 Å². The summed E-state index contributed by atoms with van der Waals surface area (Å²) >= 11 is 0. The van der Waals surface area contributed by atoms with Crippen LogP contribution in [0.2, 0.25) is 0 Å². The Morgan fingerprint density at radius 3 is 2.00 bits per heavy atom. The number of hydrogen-bond acceptors (Lipinski definition) is 8. The molecule has 1 aromatic carbocycles. The van der Waals surface area contributed by atoms with E-state index >= 15 is 0 Å². The zero-order valence-corrected chi connectivity index (χ0v) is 19.4. The third-order valence-electron chi connectivity index (χ3n) is 5.23. The molecular formula is C22H37N5O6. The number of benzene rings is 1. The summed E-state index contributed by atoms with van der Waals surface area (Å²) in [6, 6.07) is 7.01. The van der Waals surface area contributed by atoms with Crippen molar-refractivity contribution in [2.24, 2.45) is 0 Å². The second-order valence-electron chi connectivity index (χ2n) is 8.06. The zero-order valence-electron chi connectivity index (χ0n) is 19.4. The Hall–Kier alpha value is -2.73. The van der Waals surface area contributed by atoms with Crippen LogP contribution in [0.1, 0.15) is 12.5 Å². The van der Waals surface area contributed by atoms with Crippen LogP contribution < -0.4 is 11.1 Å². The second-order valence-corrected chi connectivity index (χ2v) is 8.06. The van der Waals surface area contributed by atoms with Crippen LogP contribution >= 0.6 is 0 Å². The van der Waals surface area contributed by atoms with Crippen LogP contribution in [0.15, 0.2) is 24.3 Å². The van der Waals surface area contributed by atoms with Gasteiger partial charge in [-0.25, -0.2) is 0 Å². The Balaban J connectivity index is 2.93. The Morgan fingerprint density at radius 1 is 0.909 bits per heavy atom. The van der Waals surface area contributed by atoms with Crippen LogP contribution in [-0.2, 0) is 20.8 Å². The number of nitrogen functional groups attached to an aromatic ring is 1. The summed E-state index contributed by atoms with van der Waals surface area (Å²) in [5.74, 6) is -2.92. The standard InChI is InChI=1S/C22H37N5O6/c1-3-24-8-9-26(15-21(30)31)10-11-27(16-22(32)33)13-19(25(2)14-20(28)29)12-17-4-6-18(23)7-5-17/h4-7,19,24H,3,8-16,23H2,1-2H3,(H,28,29)(H,30,31)(H,32,33). The summed E-state index contributed by atoms with van der Waals surface area (Å²) in [5, 5.41) is 31.0. The third-order valence-corrected chi connectivity index (χ3v) is 5.23. The molecule has 0 aliphatic rings. The molecule has 0 heterocycles. The monoisotopic (exact) mass is 467 g/mol. The van der Waals surface area contributed by atoms with E-state index < -0.39 is 17.9 Å². The lowest BCUT2D eigenvalue weighted by Crippen LogP contribution is -2.49. The quantitative estimate of drug-likeness (QED) is 0.141. The number of nitrogens with one attached hydrogen (secondary N) is 1. The van der Waals surface area contributed by atoms with E-state index in [-0.39, 0.29) is 25.7 Å². The first-order valence-electron chi connectivity index (χ1n) is 11.0. The van der Waals surface area contributed by atoms with Crippen LogP contribution in [-0.4, -0.2) is 120 Å². The van der Waals surface area contributed by atoms with Gasteiger partial charge in [0.2, 0.25) is 0 Å². The fourth-order valence-electron chi connectivity index (χ4n) is 3.51. The molecule has 1 rings (SSSR count). The van der Waals surface area contributed by atoms with E-state index in [4.69, 9.17) is 5.73 Å². The average molecular weight is 468 g/mol. The van der Waals surface area contributed by atoms with E-state index in [1.54, 1.807) is 33.9 Å². The molecule has 0 aliphatic carbocycles. The van der Waals surface area contributed by atoms with Crippen LogP contribution in [0.25, 0.3) is 0 Å². The predicted molar refractivity (Wildman–Crippen MR) is 125 cm³/mol. The van der Waals surface area contributed by atoms with Crippen molar-refractivity contribution in [1.29, 1.82) is 0 Å². The van der Waals surface area contributed by atoms with Crippen molar-refractivity contribution >= 4 is 23.6 Å². The lowest BCUT2D eigenvalue weighted by atomic mass is 10.0. The van der Waals surface area contributed by atoms with Gasteiger partial charge in [0, 0.05) is 44.5 Å². The summed E-state index contributed by atoms with van der Waals surface area (Å²) < 4.78 is 0. The van der Waals surface area contributed by atoms with Gasteiger partial charge in [0.15, 0.2) is 0 Å². The molecule has 0 saturated heterocycles. The Kier molecular flexibility index (Phi) is 13.0. The smallest absolute Gasteiger partial charge is 0.317 e. The van der Waals surface area contributed by atoms with E-state index in [0.717, 1.165) is 12.1 Å². The lowest BCUT2D eigenvalue weighted by Gasteiger charge is -2.33. The molecule has 6 N–H and O–H groups in total. The molecule has 0 bridgehead atoms. The number of anilines is 1. The van der Waals surface area contributed by atoms with E-state index in [1.807, 2.05) is 19.1 Å². The van der Waals surface area contributed by atoms with E-state index in [2.05, 4.69) is 5.32 Å². The van der Waals surface area contributed by atoms with Crippen LogP contribution in [0, 0.1) is 0 Å². The van der Waals surface area contributed by atoms with Gasteiger partial charge in [-0.3, -0.25) is 29.1 Å². The highest BCUT2D eigenvalue weighted by Gasteiger charge is 2.23. The molecule has 33 heavy (non-hydrogen) atoms. The second kappa shape index (κ2) is 15.2. The van der Waals surface area contributed by atoms with E-state index in [9.17, 15) is 29.7 Å². The van der Waals surface area contributed by atoms with Crippen molar-refractivity contribution in [3.05, 3.63) is 29.8 Å². The summed E-state index contributed by atoms with van der Waals surface area (Å²) in [6.45, 7) is 4.36. The fraction of sp³-hybridized carbons (Fsp3) is 0.591. The first-order chi connectivity index (χ1) is 15.6. The minimum absolute atomic E-state index is 0.139. The summed E-state index contributed by atoms with van der Waals surface area (Å²) in [7, 11) is 1.70. The molecule has 0 amide bonds. The number of carboxylic acid groups (broad SMARTS) is 3. The SMILES string of the molecule is CCNCCN(CCN(CC(=O)O)CC(Cc1ccc(N)cc1)N(C)CC(=O)O)CC(=O)O. The highest BCUT2D eigenvalue weighted by Crippen LogP contribution is 2.12. The number of aliphatic carboxylic acids is 3. The van der Waals surface area contributed by atoms with Crippen LogP contribution in [0.3, 0.4) is 0 Å². The maximum Gasteiger partial charge on any atom is 0.317 e. The Morgan fingerprint density at radius 2 is 1.45 bits per heavy atom. The summed E-state index contributed by atoms with van der Waals surface area (Å²) in [4.78, 5) is 39.2. The molecule has 0 spiro atoms. The van der Waals surface area contributed by atoms with Gasteiger partial charge >= 0.3 is 17.9 Å². The molecule has 0 fully saturated rings. The maximum atomic E-state index is 11.5. The van der Waals surface area contributed by atoms with E-state index in [1.165, 1.54) is 0 Å². The van der Waals surface area contributed by atoms with Crippen molar-refractivity contribution in [2.45, 2.75) is 19.4 Å². The van der Waals surface area contributed by atoms with Crippen LogP contribution in [0.4, 0.5) is 5.69 Å². The zero-order chi connectivity index (χ0) is 24.8. The van der Waals surface area contributed by atoms with Gasteiger partial charge in [-0.05, 0) is 37.7 Å². The number of hydrogen-bond donors (Lipinski definition) is 5.